The highest BCUT2D eigenvalue weighted by atomic mass is 19.4. The molecule has 5 heteroatoms. The van der Waals surface area contributed by atoms with Gasteiger partial charge in [-0.05, 0) is 13.8 Å². The van der Waals surface area contributed by atoms with Crippen LogP contribution < -0.4 is 0 Å². The van der Waals surface area contributed by atoms with E-state index in [0.717, 1.165) is 0 Å². The molecule has 21 heavy (non-hydrogen) atoms. The van der Waals surface area contributed by atoms with Gasteiger partial charge in [-0.3, -0.25) is 9.69 Å². The molecule has 0 heterocycles. The van der Waals surface area contributed by atoms with Crippen LogP contribution in [0, 0.1) is 5.41 Å². The first kappa shape index (κ1) is 17.7. The highest BCUT2D eigenvalue weighted by Gasteiger charge is 2.37. The van der Waals surface area contributed by atoms with E-state index < -0.39 is 18.1 Å². The Morgan fingerprint density at radius 1 is 1.10 bits per heavy atom. The molecule has 1 rings (SSSR count). The second-order valence-corrected chi connectivity index (χ2v) is 6.19. The quantitative estimate of drug-likeness (QED) is 0.735. The first-order valence-corrected chi connectivity index (χ1v) is 6.93. The smallest absolute Gasteiger partial charge is 0.294 e. The molecule has 0 aliphatic rings. The van der Waals surface area contributed by atoms with E-state index in [1.54, 1.807) is 58.0 Å². The SMILES string of the molecule is CC(C)N(CC(F)(F)F)CC(C)(C)C(=O)c1ccccc1. The Labute approximate surface area is 123 Å². The third kappa shape index (κ3) is 5.50. The fourth-order valence-electron chi connectivity index (χ4n) is 2.21. The van der Waals surface area contributed by atoms with Crippen molar-refractivity contribution in [3.63, 3.8) is 0 Å². The minimum Gasteiger partial charge on any atom is -0.294 e. The van der Waals surface area contributed by atoms with E-state index in [9.17, 15) is 18.0 Å². The summed E-state index contributed by atoms with van der Waals surface area (Å²) in [5.74, 6) is -0.143. The average Bonchev–Trinajstić information content (AvgIpc) is 2.36. The largest absolute Gasteiger partial charge is 0.401 e. The van der Waals surface area contributed by atoms with Gasteiger partial charge in [0.15, 0.2) is 5.78 Å². The first-order chi connectivity index (χ1) is 9.53. The number of rotatable bonds is 6. The predicted octanol–water partition coefficient (Wildman–Crippen LogP) is 4.17. The molecule has 0 spiro atoms. The van der Waals surface area contributed by atoms with E-state index in [1.165, 1.54) is 4.90 Å². The number of carbonyl (C=O) groups is 1. The maximum atomic E-state index is 12.6. The maximum absolute atomic E-state index is 12.6. The number of ketones is 1. The van der Waals surface area contributed by atoms with E-state index in [2.05, 4.69) is 0 Å². The molecule has 0 aliphatic carbocycles. The number of Topliss-reactive ketones (excluding diaryl/α,β-unsaturated/α-hetero) is 1. The second kappa shape index (κ2) is 6.60. The van der Waals surface area contributed by atoms with Crippen LogP contribution in [0.15, 0.2) is 30.3 Å². The molecule has 2 nitrogen and oxygen atoms in total. The second-order valence-electron chi connectivity index (χ2n) is 6.19. The van der Waals surface area contributed by atoms with Gasteiger partial charge < -0.3 is 0 Å². The molecule has 0 radical (unpaired) electrons. The summed E-state index contributed by atoms with van der Waals surface area (Å²) in [5.41, 5.74) is -0.352. The molecule has 0 amide bonds. The van der Waals surface area contributed by atoms with Crippen molar-refractivity contribution in [3.05, 3.63) is 35.9 Å². The summed E-state index contributed by atoms with van der Waals surface area (Å²) in [4.78, 5) is 13.8. The van der Waals surface area contributed by atoms with Crippen LogP contribution in [0.4, 0.5) is 13.2 Å². The normalized spacial score (nSPS) is 13.0. The Morgan fingerprint density at radius 2 is 1.62 bits per heavy atom. The van der Waals surface area contributed by atoms with Gasteiger partial charge in [0.05, 0.1) is 6.54 Å². The highest BCUT2D eigenvalue weighted by Crippen LogP contribution is 2.26. The monoisotopic (exact) mass is 301 g/mol. The van der Waals surface area contributed by atoms with Crippen LogP contribution in [-0.4, -0.2) is 36.0 Å². The van der Waals surface area contributed by atoms with Crippen LogP contribution in [0.3, 0.4) is 0 Å². The molecule has 0 aliphatic heterocycles. The summed E-state index contributed by atoms with van der Waals surface area (Å²) in [6, 6.07) is 8.39. The molecule has 0 saturated carbocycles. The molecule has 0 unspecified atom stereocenters. The van der Waals surface area contributed by atoms with Crippen molar-refractivity contribution in [3.8, 4) is 0 Å². The van der Waals surface area contributed by atoms with E-state index >= 15 is 0 Å². The Bertz CT molecular complexity index is 466. The third-order valence-corrected chi connectivity index (χ3v) is 3.36. The van der Waals surface area contributed by atoms with Gasteiger partial charge in [-0.1, -0.05) is 44.2 Å². The summed E-state index contributed by atoms with van der Waals surface area (Å²) in [6.45, 7) is 5.85. The fraction of sp³-hybridized carbons (Fsp3) is 0.562. The molecule has 1 aromatic carbocycles. The zero-order chi connectivity index (χ0) is 16.3. The number of nitrogens with zero attached hydrogens (tertiary/aromatic N) is 1. The number of benzene rings is 1. The molecule has 0 saturated heterocycles. The van der Waals surface area contributed by atoms with E-state index in [4.69, 9.17) is 0 Å². The molecular weight excluding hydrogens is 279 g/mol. The Balaban J connectivity index is 2.88. The number of halogens is 3. The van der Waals surface area contributed by atoms with Crippen LogP contribution in [0.2, 0.25) is 0 Å². The van der Waals surface area contributed by atoms with Gasteiger partial charge in [-0.15, -0.1) is 0 Å². The standard InChI is InChI=1S/C16H22F3NO/c1-12(2)20(11-16(17,18)19)10-15(3,4)14(21)13-8-6-5-7-9-13/h5-9,12H,10-11H2,1-4H3. The van der Waals surface area contributed by atoms with Gasteiger partial charge in [0.2, 0.25) is 0 Å². The van der Waals surface area contributed by atoms with Gasteiger partial charge in [-0.2, -0.15) is 13.2 Å². The molecule has 0 N–H and O–H groups in total. The van der Waals surface area contributed by atoms with Crippen molar-refractivity contribution in [1.82, 2.24) is 4.90 Å². The molecule has 0 bridgehead atoms. The van der Waals surface area contributed by atoms with Crippen LogP contribution in [-0.2, 0) is 0 Å². The number of carbonyl (C=O) groups excluding carboxylic acids is 1. The van der Waals surface area contributed by atoms with Crippen LogP contribution >= 0.6 is 0 Å². The highest BCUT2D eigenvalue weighted by molar-refractivity contribution is 6.00. The Kier molecular flexibility index (Phi) is 5.56. The fourth-order valence-corrected chi connectivity index (χ4v) is 2.21. The third-order valence-electron chi connectivity index (χ3n) is 3.36. The van der Waals surface area contributed by atoms with Crippen LogP contribution in [0.25, 0.3) is 0 Å². The lowest BCUT2D eigenvalue weighted by atomic mass is 9.83. The zero-order valence-corrected chi connectivity index (χ0v) is 12.9. The van der Waals surface area contributed by atoms with Gasteiger partial charge in [0, 0.05) is 23.6 Å². The molecule has 1 aromatic rings. The Morgan fingerprint density at radius 3 is 2.05 bits per heavy atom. The topological polar surface area (TPSA) is 20.3 Å². The molecule has 0 aromatic heterocycles. The van der Waals surface area contributed by atoms with Crippen LogP contribution in [0.5, 0.6) is 0 Å². The van der Waals surface area contributed by atoms with Crippen molar-refractivity contribution in [1.29, 1.82) is 0 Å². The molecule has 0 atom stereocenters. The first-order valence-electron chi connectivity index (χ1n) is 6.93. The number of hydrogen-bond donors (Lipinski definition) is 0. The van der Waals surface area contributed by atoms with E-state index in [-0.39, 0.29) is 18.4 Å². The van der Waals surface area contributed by atoms with Gasteiger partial charge in [-0.25, -0.2) is 0 Å². The summed E-state index contributed by atoms with van der Waals surface area (Å²) in [7, 11) is 0. The molecule has 118 valence electrons. The van der Waals surface area contributed by atoms with E-state index in [1.807, 2.05) is 0 Å². The van der Waals surface area contributed by atoms with Gasteiger partial charge in [0.1, 0.15) is 0 Å². The number of alkyl halides is 3. The predicted molar refractivity (Wildman–Crippen MR) is 77.3 cm³/mol. The van der Waals surface area contributed by atoms with Gasteiger partial charge in [0.25, 0.3) is 0 Å². The van der Waals surface area contributed by atoms with Crippen molar-refractivity contribution in [2.24, 2.45) is 5.41 Å². The van der Waals surface area contributed by atoms with Gasteiger partial charge >= 0.3 is 6.18 Å². The molecular formula is C16H22F3NO. The van der Waals surface area contributed by atoms with Crippen LogP contribution in [0.1, 0.15) is 38.1 Å². The lowest BCUT2D eigenvalue weighted by molar-refractivity contribution is -0.151. The zero-order valence-electron chi connectivity index (χ0n) is 12.9. The summed E-state index contributed by atoms with van der Waals surface area (Å²) >= 11 is 0. The maximum Gasteiger partial charge on any atom is 0.401 e. The lowest BCUT2D eigenvalue weighted by Crippen LogP contribution is -2.46. The minimum atomic E-state index is -4.27. The Hall–Kier alpha value is -1.36. The average molecular weight is 301 g/mol. The van der Waals surface area contributed by atoms with E-state index in [0.29, 0.717) is 5.56 Å². The van der Waals surface area contributed by atoms with Crippen molar-refractivity contribution in [2.75, 3.05) is 13.1 Å². The van der Waals surface area contributed by atoms with Crippen molar-refractivity contribution >= 4 is 5.78 Å². The lowest BCUT2D eigenvalue weighted by Gasteiger charge is -2.34. The summed E-state index contributed by atoms with van der Waals surface area (Å²) in [5, 5.41) is 0. The van der Waals surface area contributed by atoms with Crippen molar-refractivity contribution in [2.45, 2.75) is 39.9 Å². The summed E-state index contributed by atoms with van der Waals surface area (Å²) in [6.07, 6.45) is -4.27. The minimum absolute atomic E-state index is 0.0674. The number of hydrogen-bond acceptors (Lipinski definition) is 2. The van der Waals surface area contributed by atoms with Crippen molar-refractivity contribution < 1.29 is 18.0 Å². The molecule has 0 fully saturated rings. The summed E-state index contributed by atoms with van der Waals surface area (Å²) < 4.78 is 37.9.